The third kappa shape index (κ3) is 4.00. The van der Waals surface area contributed by atoms with Crippen LogP contribution in [-0.2, 0) is 10.0 Å². The van der Waals surface area contributed by atoms with E-state index in [1.54, 1.807) is 39.8 Å². The molecule has 0 unspecified atom stereocenters. The molecule has 0 spiro atoms. The van der Waals surface area contributed by atoms with Crippen LogP contribution in [0.15, 0.2) is 39.8 Å². The Labute approximate surface area is 155 Å². The van der Waals surface area contributed by atoms with Gasteiger partial charge in [-0.1, -0.05) is 17.3 Å². The third-order valence-corrected chi connectivity index (χ3v) is 6.37. The second-order valence-electron chi connectivity index (χ2n) is 6.82. The van der Waals surface area contributed by atoms with Crippen LogP contribution in [-0.4, -0.2) is 24.1 Å². The molecule has 3 aromatic rings. The summed E-state index contributed by atoms with van der Waals surface area (Å²) in [6.07, 6.45) is 0. The first kappa shape index (κ1) is 18.7. The van der Waals surface area contributed by atoms with Gasteiger partial charge in [0.1, 0.15) is 5.82 Å². The highest BCUT2D eigenvalue weighted by Crippen LogP contribution is 2.34. The predicted octanol–water partition coefficient (Wildman–Crippen LogP) is 3.99. The number of nitrogens with zero attached hydrogens (tertiary/aromatic N) is 2. The maximum absolute atomic E-state index is 13.3. The molecule has 6 nitrogen and oxygen atoms in total. The number of rotatable bonds is 4. The Bertz CT molecular complexity index is 1050. The molecule has 26 heavy (non-hydrogen) atoms. The molecule has 0 bridgehead atoms. The summed E-state index contributed by atoms with van der Waals surface area (Å²) in [4.78, 5) is 5.58. The van der Waals surface area contributed by atoms with E-state index in [9.17, 15) is 12.8 Å². The number of aryl methyl sites for hydroxylation is 1. The Morgan fingerprint density at radius 1 is 1.23 bits per heavy atom. The largest absolute Gasteiger partial charge is 0.333 e. The Kier molecular flexibility index (Phi) is 4.72. The van der Waals surface area contributed by atoms with Gasteiger partial charge in [-0.3, -0.25) is 0 Å². The van der Waals surface area contributed by atoms with Gasteiger partial charge in [0.05, 0.1) is 9.77 Å². The van der Waals surface area contributed by atoms with Crippen LogP contribution in [0.25, 0.3) is 22.2 Å². The zero-order valence-corrected chi connectivity index (χ0v) is 16.3. The standard InChI is InChI=1S/C17H18FN3O3S2/c1-10-14(26(22,23)21-17(2,3)4)9-13(25-10)16-19-15(20-24-16)11-6-5-7-12(18)8-11/h5-9,21H,1-4H3. The fraction of sp³-hybridized carbons (Fsp3) is 0.294. The zero-order valence-electron chi connectivity index (χ0n) is 14.7. The quantitative estimate of drug-likeness (QED) is 0.722. The maximum Gasteiger partial charge on any atom is 0.268 e. The first-order valence-electron chi connectivity index (χ1n) is 7.80. The summed E-state index contributed by atoms with van der Waals surface area (Å²) < 4.78 is 46.3. The molecule has 0 fully saturated rings. The van der Waals surface area contributed by atoms with Crippen LogP contribution in [0.3, 0.4) is 0 Å². The first-order valence-corrected chi connectivity index (χ1v) is 10.1. The van der Waals surface area contributed by atoms with Crippen molar-refractivity contribution in [3.8, 4) is 22.2 Å². The molecule has 0 radical (unpaired) electrons. The van der Waals surface area contributed by atoms with Gasteiger partial charge in [0.15, 0.2) is 0 Å². The van der Waals surface area contributed by atoms with Crippen LogP contribution < -0.4 is 4.72 Å². The van der Waals surface area contributed by atoms with E-state index in [4.69, 9.17) is 4.52 Å². The average Bonchev–Trinajstić information content (AvgIpc) is 3.11. The highest BCUT2D eigenvalue weighted by molar-refractivity contribution is 7.89. The molecule has 1 aromatic carbocycles. The molecule has 2 heterocycles. The Morgan fingerprint density at radius 2 is 1.96 bits per heavy atom. The number of benzene rings is 1. The summed E-state index contributed by atoms with van der Waals surface area (Å²) >= 11 is 1.24. The van der Waals surface area contributed by atoms with Crippen molar-refractivity contribution in [2.75, 3.05) is 0 Å². The first-order chi connectivity index (χ1) is 12.0. The van der Waals surface area contributed by atoms with E-state index < -0.39 is 21.4 Å². The molecule has 0 saturated carbocycles. The van der Waals surface area contributed by atoms with E-state index >= 15 is 0 Å². The average molecular weight is 395 g/mol. The third-order valence-electron chi connectivity index (χ3n) is 3.32. The molecule has 3 rings (SSSR count). The second kappa shape index (κ2) is 6.57. The van der Waals surface area contributed by atoms with Crippen LogP contribution in [0.1, 0.15) is 25.6 Å². The minimum atomic E-state index is -3.67. The van der Waals surface area contributed by atoms with Crippen molar-refractivity contribution < 1.29 is 17.3 Å². The molecule has 1 N–H and O–H groups in total. The Hall–Kier alpha value is -2.10. The lowest BCUT2D eigenvalue weighted by atomic mass is 10.1. The summed E-state index contributed by atoms with van der Waals surface area (Å²) in [5.74, 6) is 0.0276. The van der Waals surface area contributed by atoms with Crippen molar-refractivity contribution in [1.29, 1.82) is 0 Å². The summed E-state index contributed by atoms with van der Waals surface area (Å²) in [7, 11) is -3.67. The fourth-order valence-electron chi connectivity index (χ4n) is 2.36. The zero-order chi connectivity index (χ0) is 19.1. The number of hydrogen-bond donors (Lipinski definition) is 1. The SMILES string of the molecule is Cc1sc(-c2nc(-c3cccc(F)c3)no2)cc1S(=O)(=O)NC(C)(C)C. The normalized spacial score (nSPS) is 12.5. The Morgan fingerprint density at radius 3 is 2.62 bits per heavy atom. The monoisotopic (exact) mass is 395 g/mol. The van der Waals surface area contributed by atoms with E-state index in [2.05, 4.69) is 14.9 Å². The number of aromatic nitrogens is 2. The summed E-state index contributed by atoms with van der Waals surface area (Å²) in [6.45, 7) is 7.04. The molecule has 2 aromatic heterocycles. The van der Waals surface area contributed by atoms with Gasteiger partial charge >= 0.3 is 0 Å². The smallest absolute Gasteiger partial charge is 0.268 e. The molecule has 0 aliphatic heterocycles. The van der Waals surface area contributed by atoms with Gasteiger partial charge in [-0.2, -0.15) is 4.98 Å². The van der Waals surface area contributed by atoms with Gasteiger partial charge in [0.25, 0.3) is 5.89 Å². The molecule has 0 atom stereocenters. The number of thiophene rings is 1. The molecular weight excluding hydrogens is 377 g/mol. The number of sulfonamides is 1. The fourth-order valence-corrected chi connectivity index (χ4v) is 5.30. The van der Waals surface area contributed by atoms with E-state index in [1.165, 1.54) is 29.5 Å². The van der Waals surface area contributed by atoms with Crippen molar-refractivity contribution in [3.63, 3.8) is 0 Å². The van der Waals surface area contributed by atoms with Gasteiger partial charge in [-0.15, -0.1) is 11.3 Å². The van der Waals surface area contributed by atoms with Crippen molar-refractivity contribution in [2.45, 2.75) is 38.1 Å². The van der Waals surface area contributed by atoms with Crippen LogP contribution in [0, 0.1) is 12.7 Å². The van der Waals surface area contributed by atoms with E-state index in [0.717, 1.165) is 0 Å². The predicted molar refractivity (Wildman–Crippen MR) is 97.8 cm³/mol. The van der Waals surface area contributed by atoms with Crippen LogP contribution in [0.2, 0.25) is 0 Å². The summed E-state index contributed by atoms with van der Waals surface area (Å²) in [6, 6.07) is 7.36. The van der Waals surface area contributed by atoms with E-state index in [0.29, 0.717) is 15.3 Å². The Balaban J connectivity index is 1.95. The molecule has 0 amide bonds. The molecule has 138 valence electrons. The van der Waals surface area contributed by atoms with Crippen LogP contribution in [0.5, 0.6) is 0 Å². The highest BCUT2D eigenvalue weighted by atomic mass is 32.2. The van der Waals surface area contributed by atoms with Crippen molar-refractivity contribution in [3.05, 3.63) is 41.0 Å². The minimum Gasteiger partial charge on any atom is -0.333 e. The molecule has 9 heteroatoms. The van der Waals surface area contributed by atoms with Crippen molar-refractivity contribution in [2.24, 2.45) is 0 Å². The molecule has 0 aliphatic rings. The van der Waals surface area contributed by atoms with Crippen molar-refractivity contribution in [1.82, 2.24) is 14.9 Å². The number of hydrogen-bond acceptors (Lipinski definition) is 6. The minimum absolute atomic E-state index is 0.179. The molecule has 0 saturated heterocycles. The van der Waals surface area contributed by atoms with Crippen LogP contribution in [0.4, 0.5) is 4.39 Å². The van der Waals surface area contributed by atoms with Crippen molar-refractivity contribution >= 4 is 21.4 Å². The lowest BCUT2D eigenvalue weighted by Crippen LogP contribution is -2.40. The lowest BCUT2D eigenvalue weighted by Gasteiger charge is -2.20. The van der Waals surface area contributed by atoms with Gasteiger partial charge in [0, 0.05) is 16.0 Å². The summed E-state index contributed by atoms with van der Waals surface area (Å²) in [5.41, 5.74) is -0.113. The summed E-state index contributed by atoms with van der Waals surface area (Å²) in [5, 5.41) is 3.85. The van der Waals surface area contributed by atoms with Gasteiger partial charge in [0.2, 0.25) is 15.8 Å². The van der Waals surface area contributed by atoms with Gasteiger partial charge in [-0.05, 0) is 45.9 Å². The van der Waals surface area contributed by atoms with E-state index in [1.807, 2.05) is 0 Å². The highest BCUT2D eigenvalue weighted by Gasteiger charge is 2.26. The number of nitrogens with one attached hydrogen (secondary N) is 1. The van der Waals surface area contributed by atoms with Crippen LogP contribution >= 0.6 is 11.3 Å². The van der Waals surface area contributed by atoms with Gasteiger partial charge < -0.3 is 4.52 Å². The topological polar surface area (TPSA) is 85.1 Å². The maximum atomic E-state index is 13.3. The second-order valence-corrected chi connectivity index (χ2v) is 9.73. The lowest BCUT2D eigenvalue weighted by molar-refractivity contribution is 0.433. The van der Waals surface area contributed by atoms with Gasteiger partial charge in [-0.25, -0.2) is 17.5 Å². The van der Waals surface area contributed by atoms with E-state index in [-0.39, 0.29) is 16.6 Å². The molecular formula is C17H18FN3O3S2. The molecule has 0 aliphatic carbocycles. The number of halogens is 1.